The lowest BCUT2D eigenvalue weighted by molar-refractivity contribution is -0.127. The molecule has 4 rings (SSSR count). The summed E-state index contributed by atoms with van der Waals surface area (Å²) in [6.45, 7) is 4.96. The van der Waals surface area contributed by atoms with Crippen molar-refractivity contribution < 1.29 is 4.79 Å². The molecule has 1 atom stereocenters. The molecule has 4 heteroatoms. The second kappa shape index (κ2) is 8.45. The van der Waals surface area contributed by atoms with Crippen LogP contribution >= 0.6 is 0 Å². The van der Waals surface area contributed by atoms with Crippen molar-refractivity contribution in [2.24, 2.45) is 5.92 Å². The van der Waals surface area contributed by atoms with Crippen LogP contribution in [0.2, 0.25) is 0 Å². The maximum atomic E-state index is 12.5. The van der Waals surface area contributed by atoms with Gasteiger partial charge in [0.1, 0.15) is 5.82 Å². The molecule has 0 N–H and O–H groups in total. The average molecular weight is 368 g/mol. The fourth-order valence-electron chi connectivity index (χ4n) is 4.94. The normalized spacial score (nSPS) is 21.4. The summed E-state index contributed by atoms with van der Waals surface area (Å²) in [5, 5.41) is 0. The number of carbonyl (C=O) groups is 1. The Bertz CT molecular complexity index is 775. The molecule has 2 fully saturated rings. The molecule has 2 heterocycles. The van der Waals surface area contributed by atoms with E-state index < -0.39 is 0 Å². The van der Waals surface area contributed by atoms with Crippen LogP contribution in [0.1, 0.15) is 76.5 Å². The van der Waals surface area contributed by atoms with Crippen molar-refractivity contribution in [2.45, 2.75) is 77.2 Å². The third-order valence-corrected chi connectivity index (χ3v) is 6.53. The SMILES string of the molecule is CCCCN1CC(c2nc3ccccc3n2CCC2CCCCC2)CC1=O. The van der Waals surface area contributed by atoms with Crippen molar-refractivity contribution in [3.63, 3.8) is 0 Å². The van der Waals surface area contributed by atoms with Crippen molar-refractivity contribution in [2.75, 3.05) is 13.1 Å². The van der Waals surface area contributed by atoms with Crippen LogP contribution in [0.25, 0.3) is 11.0 Å². The van der Waals surface area contributed by atoms with E-state index in [1.807, 2.05) is 0 Å². The predicted octanol–water partition coefficient (Wildman–Crippen LogP) is 5.12. The second-order valence-corrected chi connectivity index (χ2v) is 8.50. The van der Waals surface area contributed by atoms with Gasteiger partial charge in [-0.1, -0.05) is 57.6 Å². The molecule has 2 aromatic rings. The first kappa shape index (κ1) is 18.5. The molecule has 1 aliphatic carbocycles. The Morgan fingerprint density at radius 1 is 1.11 bits per heavy atom. The Hall–Kier alpha value is -1.84. The molecular weight excluding hydrogens is 334 g/mol. The fraction of sp³-hybridized carbons (Fsp3) is 0.652. The Morgan fingerprint density at radius 3 is 2.74 bits per heavy atom. The number of aromatic nitrogens is 2. The molecule has 27 heavy (non-hydrogen) atoms. The van der Waals surface area contributed by atoms with E-state index >= 15 is 0 Å². The van der Waals surface area contributed by atoms with Crippen molar-refractivity contribution >= 4 is 16.9 Å². The number of rotatable bonds is 7. The first-order chi connectivity index (χ1) is 13.3. The molecule has 1 unspecified atom stereocenters. The number of carbonyl (C=O) groups excluding carboxylic acids is 1. The summed E-state index contributed by atoms with van der Waals surface area (Å²) in [4.78, 5) is 19.5. The zero-order chi connectivity index (χ0) is 18.6. The topological polar surface area (TPSA) is 38.1 Å². The molecule has 4 nitrogen and oxygen atoms in total. The first-order valence-corrected chi connectivity index (χ1v) is 11.0. The van der Waals surface area contributed by atoms with Crippen molar-refractivity contribution in [3.05, 3.63) is 30.1 Å². The zero-order valence-corrected chi connectivity index (χ0v) is 16.7. The minimum Gasteiger partial charge on any atom is -0.342 e. The number of aryl methyl sites for hydroxylation is 1. The van der Waals surface area contributed by atoms with Crippen LogP contribution in [0.15, 0.2) is 24.3 Å². The largest absolute Gasteiger partial charge is 0.342 e. The van der Waals surface area contributed by atoms with Gasteiger partial charge in [0, 0.05) is 32.0 Å². The molecule has 0 bridgehead atoms. The Balaban J connectivity index is 1.55. The van der Waals surface area contributed by atoms with Crippen LogP contribution in [0.3, 0.4) is 0 Å². The number of hydrogen-bond donors (Lipinski definition) is 0. The van der Waals surface area contributed by atoms with Gasteiger partial charge < -0.3 is 9.47 Å². The van der Waals surface area contributed by atoms with Gasteiger partial charge in [0.15, 0.2) is 0 Å². The summed E-state index contributed by atoms with van der Waals surface area (Å²) in [7, 11) is 0. The molecule has 1 aliphatic heterocycles. The van der Waals surface area contributed by atoms with Gasteiger partial charge >= 0.3 is 0 Å². The molecule has 2 aliphatic rings. The number of para-hydroxylation sites is 2. The number of imidazole rings is 1. The molecule has 1 aromatic carbocycles. The minimum atomic E-state index is 0.244. The summed E-state index contributed by atoms with van der Waals surface area (Å²) in [6.07, 6.45) is 11.1. The summed E-state index contributed by atoms with van der Waals surface area (Å²) in [5.74, 6) is 2.55. The lowest BCUT2D eigenvalue weighted by atomic mass is 9.87. The molecule has 0 radical (unpaired) electrons. The van der Waals surface area contributed by atoms with Crippen LogP contribution in [0.4, 0.5) is 0 Å². The third kappa shape index (κ3) is 4.04. The summed E-state index contributed by atoms with van der Waals surface area (Å²) < 4.78 is 2.44. The Labute approximate surface area is 163 Å². The smallest absolute Gasteiger partial charge is 0.223 e. The number of unbranched alkanes of at least 4 members (excludes halogenated alkanes) is 1. The van der Waals surface area contributed by atoms with Gasteiger partial charge in [0.25, 0.3) is 0 Å². The standard InChI is InChI=1S/C23H33N3O/c1-2-3-14-25-17-19(16-22(25)27)23-24-20-11-7-8-12-21(20)26(23)15-13-18-9-5-4-6-10-18/h7-8,11-12,18-19H,2-6,9-10,13-17H2,1H3. The number of fused-ring (bicyclic) bond motifs is 1. The zero-order valence-electron chi connectivity index (χ0n) is 16.7. The maximum Gasteiger partial charge on any atom is 0.223 e. The van der Waals surface area contributed by atoms with E-state index in [0.717, 1.165) is 49.7 Å². The minimum absolute atomic E-state index is 0.244. The van der Waals surface area contributed by atoms with E-state index in [2.05, 4.69) is 40.7 Å². The predicted molar refractivity (Wildman–Crippen MR) is 110 cm³/mol. The van der Waals surface area contributed by atoms with Gasteiger partial charge in [0.05, 0.1) is 11.0 Å². The van der Waals surface area contributed by atoms with Crippen LogP contribution in [0.5, 0.6) is 0 Å². The van der Waals surface area contributed by atoms with Crippen molar-refractivity contribution in [1.82, 2.24) is 14.5 Å². The van der Waals surface area contributed by atoms with E-state index in [9.17, 15) is 4.79 Å². The molecule has 146 valence electrons. The van der Waals surface area contributed by atoms with Gasteiger partial charge in [-0.05, 0) is 30.9 Å². The van der Waals surface area contributed by atoms with Gasteiger partial charge in [-0.25, -0.2) is 4.98 Å². The summed E-state index contributed by atoms with van der Waals surface area (Å²) in [6, 6.07) is 8.48. The number of amides is 1. The number of benzene rings is 1. The first-order valence-electron chi connectivity index (χ1n) is 11.0. The number of likely N-dealkylation sites (tertiary alicyclic amines) is 1. The summed E-state index contributed by atoms with van der Waals surface area (Å²) >= 11 is 0. The monoisotopic (exact) mass is 367 g/mol. The van der Waals surface area contributed by atoms with Crippen molar-refractivity contribution in [3.8, 4) is 0 Å². The third-order valence-electron chi connectivity index (χ3n) is 6.53. The fourth-order valence-corrected chi connectivity index (χ4v) is 4.94. The molecule has 0 spiro atoms. The highest BCUT2D eigenvalue weighted by molar-refractivity contribution is 5.80. The highest BCUT2D eigenvalue weighted by atomic mass is 16.2. The van der Waals surface area contributed by atoms with Crippen LogP contribution in [-0.2, 0) is 11.3 Å². The highest BCUT2D eigenvalue weighted by Crippen LogP contribution is 2.32. The maximum absolute atomic E-state index is 12.5. The number of hydrogen-bond acceptors (Lipinski definition) is 2. The van der Waals surface area contributed by atoms with E-state index in [-0.39, 0.29) is 5.92 Å². The number of nitrogens with zero attached hydrogens (tertiary/aromatic N) is 3. The van der Waals surface area contributed by atoms with E-state index in [0.29, 0.717) is 12.3 Å². The summed E-state index contributed by atoms with van der Waals surface area (Å²) in [5.41, 5.74) is 2.32. The van der Waals surface area contributed by atoms with E-state index in [1.165, 1.54) is 44.0 Å². The molecule has 1 saturated heterocycles. The van der Waals surface area contributed by atoms with Gasteiger partial charge in [0.2, 0.25) is 5.91 Å². The Morgan fingerprint density at radius 2 is 1.93 bits per heavy atom. The van der Waals surface area contributed by atoms with Gasteiger partial charge in [-0.3, -0.25) is 4.79 Å². The second-order valence-electron chi connectivity index (χ2n) is 8.50. The quantitative estimate of drug-likeness (QED) is 0.681. The van der Waals surface area contributed by atoms with Crippen LogP contribution in [-0.4, -0.2) is 33.4 Å². The van der Waals surface area contributed by atoms with Crippen molar-refractivity contribution in [1.29, 1.82) is 0 Å². The van der Waals surface area contributed by atoms with Gasteiger partial charge in [-0.15, -0.1) is 0 Å². The van der Waals surface area contributed by atoms with E-state index in [4.69, 9.17) is 4.98 Å². The molecule has 1 saturated carbocycles. The van der Waals surface area contributed by atoms with E-state index in [1.54, 1.807) is 0 Å². The van der Waals surface area contributed by atoms with Crippen LogP contribution < -0.4 is 0 Å². The molecule has 1 aromatic heterocycles. The Kier molecular flexibility index (Phi) is 5.80. The van der Waals surface area contributed by atoms with Gasteiger partial charge in [-0.2, -0.15) is 0 Å². The molecular formula is C23H33N3O. The highest BCUT2D eigenvalue weighted by Gasteiger charge is 2.33. The molecule has 1 amide bonds. The lowest BCUT2D eigenvalue weighted by Crippen LogP contribution is -2.26. The lowest BCUT2D eigenvalue weighted by Gasteiger charge is -2.23. The van der Waals surface area contributed by atoms with Crippen LogP contribution in [0, 0.1) is 5.92 Å². The average Bonchev–Trinajstić information content (AvgIpc) is 3.25.